The van der Waals surface area contributed by atoms with Gasteiger partial charge in [0.25, 0.3) is 5.69 Å². The van der Waals surface area contributed by atoms with Crippen LogP contribution in [-0.2, 0) is 0 Å². The second-order valence-corrected chi connectivity index (χ2v) is 2.81. The molecular weight excluding hydrogens is 188 g/mol. The van der Waals surface area contributed by atoms with Gasteiger partial charge in [0.15, 0.2) is 0 Å². The van der Waals surface area contributed by atoms with Crippen LogP contribution in [0.5, 0.6) is 0 Å². The minimum atomic E-state index is -0.837. The normalized spacial score (nSPS) is 12.1. The number of hydrogen-bond acceptors (Lipinski definition) is 4. The third-order valence-electron chi connectivity index (χ3n) is 1.90. The molecular formula is C8H8N2O4. The number of hydrogen-bond donors (Lipinski definition) is 0. The maximum Gasteiger partial charge on any atom is 0.269 e. The van der Waals surface area contributed by atoms with E-state index in [2.05, 4.69) is 0 Å². The lowest BCUT2D eigenvalue weighted by Gasteiger charge is -2.02. The lowest BCUT2D eigenvalue weighted by molar-refractivity contribution is -0.524. The monoisotopic (exact) mass is 196 g/mol. The van der Waals surface area contributed by atoms with Crippen molar-refractivity contribution in [3.63, 3.8) is 0 Å². The molecule has 1 unspecified atom stereocenters. The van der Waals surface area contributed by atoms with Gasteiger partial charge in [0.1, 0.15) is 0 Å². The van der Waals surface area contributed by atoms with Crippen molar-refractivity contribution in [3.05, 3.63) is 50.1 Å². The summed E-state index contributed by atoms with van der Waals surface area (Å²) in [6.07, 6.45) is 0. The Hall–Kier alpha value is -1.98. The molecule has 0 saturated carbocycles. The third-order valence-corrected chi connectivity index (χ3v) is 1.90. The molecule has 6 nitrogen and oxygen atoms in total. The summed E-state index contributed by atoms with van der Waals surface area (Å²) in [5, 5.41) is 20.7. The van der Waals surface area contributed by atoms with E-state index in [0.717, 1.165) is 0 Å². The third kappa shape index (κ3) is 2.03. The second kappa shape index (κ2) is 3.82. The van der Waals surface area contributed by atoms with Crippen molar-refractivity contribution < 1.29 is 9.85 Å². The Bertz CT molecular complexity index is 360. The predicted octanol–water partition coefficient (Wildman–Crippen LogP) is 1.93. The number of nitro benzene ring substituents is 1. The summed E-state index contributed by atoms with van der Waals surface area (Å²) < 4.78 is 0. The van der Waals surface area contributed by atoms with Gasteiger partial charge in [-0.1, -0.05) is 0 Å². The quantitative estimate of drug-likeness (QED) is 0.545. The molecule has 0 heterocycles. The van der Waals surface area contributed by atoms with Gasteiger partial charge >= 0.3 is 0 Å². The summed E-state index contributed by atoms with van der Waals surface area (Å²) in [4.78, 5) is 19.7. The van der Waals surface area contributed by atoms with Crippen molar-refractivity contribution in [3.8, 4) is 0 Å². The van der Waals surface area contributed by atoms with E-state index < -0.39 is 15.9 Å². The van der Waals surface area contributed by atoms with Crippen molar-refractivity contribution in [2.75, 3.05) is 0 Å². The summed E-state index contributed by atoms with van der Waals surface area (Å²) in [6, 6.07) is 4.47. The molecule has 0 fully saturated rings. The molecule has 1 rings (SSSR count). The zero-order valence-corrected chi connectivity index (χ0v) is 7.41. The van der Waals surface area contributed by atoms with Gasteiger partial charge < -0.3 is 0 Å². The van der Waals surface area contributed by atoms with Crippen molar-refractivity contribution in [2.24, 2.45) is 0 Å². The summed E-state index contributed by atoms with van der Waals surface area (Å²) >= 11 is 0. The molecule has 0 N–H and O–H groups in total. The minimum absolute atomic E-state index is 0.0655. The van der Waals surface area contributed by atoms with Crippen LogP contribution in [0.25, 0.3) is 0 Å². The molecule has 0 aliphatic carbocycles. The molecule has 14 heavy (non-hydrogen) atoms. The van der Waals surface area contributed by atoms with E-state index >= 15 is 0 Å². The molecule has 0 amide bonds. The molecule has 6 heteroatoms. The molecule has 0 aromatic heterocycles. The van der Waals surface area contributed by atoms with Crippen LogP contribution >= 0.6 is 0 Å². The maximum atomic E-state index is 10.4. The first-order chi connectivity index (χ1) is 6.52. The number of nitrogens with zero attached hydrogens (tertiary/aromatic N) is 2. The summed E-state index contributed by atoms with van der Waals surface area (Å²) in [7, 11) is 0. The van der Waals surface area contributed by atoms with Crippen LogP contribution in [0.3, 0.4) is 0 Å². The Kier molecular flexibility index (Phi) is 2.76. The van der Waals surface area contributed by atoms with E-state index in [1.165, 1.54) is 31.2 Å². The van der Waals surface area contributed by atoms with E-state index in [4.69, 9.17) is 0 Å². The smallest absolute Gasteiger partial charge is 0.264 e. The highest BCUT2D eigenvalue weighted by Gasteiger charge is 2.16. The SMILES string of the molecule is CC(c1ccc([N+](=O)[O-])cc1)[N+](=O)[O-]. The average Bonchev–Trinajstić information content (AvgIpc) is 2.16. The molecule has 1 aromatic rings. The van der Waals surface area contributed by atoms with E-state index in [-0.39, 0.29) is 5.69 Å². The molecule has 1 aromatic carbocycles. The zero-order chi connectivity index (χ0) is 10.7. The summed E-state index contributed by atoms with van der Waals surface area (Å²) in [6.45, 7) is 1.43. The minimum Gasteiger partial charge on any atom is -0.264 e. The molecule has 0 aliphatic heterocycles. The number of non-ortho nitro benzene ring substituents is 1. The molecule has 74 valence electrons. The van der Waals surface area contributed by atoms with Crippen LogP contribution in [0.4, 0.5) is 5.69 Å². The summed E-state index contributed by atoms with van der Waals surface area (Å²) in [5.41, 5.74) is 0.393. The highest BCUT2D eigenvalue weighted by atomic mass is 16.6. The van der Waals surface area contributed by atoms with Crippen LogP contribution in [0.15, 0.2) is 24.3 Å². The van der Waals surface area contributed by atoms with Gasteiger partial charge in [-0.25, -0.2) is 0 Å². The molecule has 1 atom stereocenters. The first kappa shape index (κ1) is 10.1. The maximum absolute atomic E-state index is 10.4. The van der Waals surface area contributed by atoms with Gasteiger partial charge in [0.2, 0.25) is 6.04 Å². The Morgan fingerprint density at radius 3 is 2.00 bits per heavy atom. The molecule has 0 radical (unpaired) electrons. The Morgan fingerprint density at radius 2 is 1.64 bits per heavy atom. The summed E-state index contributed by atoms with van der Waals surface area (Å²) in [5.74, 6) is 0. The van der Waals surface area contributed by atoms with E-state index in [1.54, 1.807) is 0 Å². The fraction of sp³-hybridized carbons (Fsp3) is 0.250. The van der Waals surface area contributed by atoms with Crippen LogP contribution in [0.2, 0.25) is 0 Å². The van der Waals surface area contributed by atoms with Crippen LogP contribution in [-0.4, -0.2) is 9.85 Å². The highest BCUT2D eigenvalue weighted by molar-refractivity contribution is 5.33. The van der Waals surface area contributed by atoms with Crippen LogP contribution in [0.1, 0.15) is 18.5 Å². The van der Waals surface area contributed by atoms with Crippen molar-refractivity contribution in [1.82, 2.24) is 0 Å². The Balaban J connectivity index is 2.94. The molecule has 0 spiro atoms. The van der Waals surface area contributed by atoms with Crippen LogP contribution < -0.4 is 0 Å². The van der Waals surface area contributed by atoms with Gasteiger partial charge in [-0.05, 0) is 12.1 Å². The van der Waals surface area contributed by atoms with Gasteiger partial charge in [-0.2, -0.15) is 0 Å². The number of nitro groups is 2. The molecule has 0 saturated heterocycles. The fourth-order valence-electron chi connectivity index (χ4n) is 0.996. The first-order valence-electron chi connectivity index (χ1n) is 3.90. The van der Waals surface area contributed by atoms with Gasteiger partial charge in [0.05, 0.1) is 4.92 Å². The predicted molar refractivity (Wildman–Crippen MR) is 48.5 cm³/mol. The lowest BCUT2D eigenvalue weighted by Crippen LogP contribution is -2.05. The van der Waals surface area contributed by atoms with Gasteiger partial charge in [-0.3, -0.25) is 20.2 Å². The Labute approximate surface area is 79.5 Å². The van der Waals surface area contributed by atoms with Crippen molar-refractivity contribution in [1.29, 1.82) is 0 Å². The molecule has 0 aliphatic rings. The fourth-order valence-corrected chi connectivity index (χ4v) is 0.996. The van der Waals surface area contributed by atoms with Gasteiger partial charge in [0, 0.05) is 29.5 Å². The Morgan fingerprint density at radius 1 is 1.14 bits per heavy atom. The lowest BCUT2D eigenvalue weighted by atomic mass is 10.1. The van der Waals surface area contributed by atoms with E-state index in [0.29, 0.717) is 5.56 Å². The van der Waals surface area contributed by atoms with Crippen molar-refractivity contribution >= 4 is 5.69 Å². The first-order valence-corrected chi connectivity index (χ1v) is 3.90. The van der Waals surface area contributed by atoms with E-state index in [9.17, 15) is 20.2 Å². The standard InChI is InChI=1S/C8H8N2O4/c1-6(9(11)12)7-2-4-8(5-3-7)10(13)14/h2-6H,1H3. The van der Waals surface area contributed by atoms with Gasteiger partial charge in [-0.15, -0.1) is 0 Å². The van der Waals surface area contributed by atoms with Crippen molar-refractivity contribution in [2.45, 2.75) is 13.0 Å². The average molecular weight is 196 g/mol. The topological polar surface area (TPSA) is 86.3 Å². The highest BCUT2D eigenvalue weighted by Crippen LogP contribution is 2.19. The largest absolute Gasteiger partial charge is 0.269 e. The van der Waals surface area contributed by atoms with Crippen LogP contribution in [0, 0.1) is 20.2 Å². The zero-order valence-electron chi connectivity index (χ0n) is 7.41. The number of rotatable bonds is 3. The number of benzene rings is 1. The molecule has 0 bridgehead atoms. The van der Waals surface area contributed by atoms with E-state index in [1.807, 2.05) is 0 Å². The second-order valence-electron chi connectivity index (χ2n) is 2.81.